The average molecular weight is 377 g/mol. The van der Waals surface area contributed by atoms with Crippen molar-refractivity contribution in [1.82, 2.24) is 24.8 Å². The number of benzene rings is 1. The van der Waals surface area contributed by atoms with Crippen LogP contribution in [0.2, 0.25) is 5.02 Å². The molecule has 2 heterocycles. The zero-order chi connectivity index (χ0) is 19.1. The summed E-state index contributed by atoms with van der Waals surface area (Å²) in [7, 11) is 1.88. The highest BCUT2D eigenvalue weighted by Crippen LogP contribution is 2.21. The Hall–Kier alpha value is -2.38. The van der Waals surface area contributed by atoms with Crippen LogP contribution in [0.15, 0.2) is 29.2 Å². The molecule has 0 radical (unpaired) electrons. The first-order valence-electron chi connectivity index (χ1n) is 8.68. The Morgan fingerprint density at radius 1 is 1.27 bits per heavy atom. The third kappa shape index (κ3) is 4.42. The van der Waals surface area contributed by atoms with E-state index in [9.17, 15) is 4.79 Å². The second kappa shape index (κ2) is 9.35. The first-order chi connectivity index (χ1) is 12.6. The minimum Gasteiger partial charge on any atom is -0.353 e. The van der Waals surface area contributed by atoms with Crippen molar-refractivity contribution in [2.45, 2.75) is 27.3 Å². The number of aryl methyl sites for hydroxylation is 1. The maximum absolute atomic E-state index is 12.3. The number of nitrogens with zero attached hydrogens (tertiary/aromatic N) is 3. The van der Waals surface area contributed by atoms with E-state index in [-0.39, 0.29) is 5.69 Å². The second-order valence-electron chi connectivity index (χ2n) is 5.51. The minimum absolute atomic E-state index is 0.231. The van der Waals surface area contributed by atoms with Gasteiger partial charge in [-0.05, 0) is 31.2 Å². The highest BCUT2D eigenvalue weighted by Gasteiger charge is 2.13. The number of anilines is 1. The van der Waals surface area contributed by atoms with Crippen LogP contribution in [-0.4, -0.2) is 39.7 Å². The Bertz CT molecular complexity index is 897. The predicted molar refractivity (Wildman–Crippen MR) is 107 cm³/mol. The van der Waals surface area contributed by atoms with Gasteiger partial charge in [0.2, 0.25) is 5.95 Å². The van der Waals surface area contributed by atoms with Crippen LogP contribution in [0.3, 0.4) is 0 Å². The Labute approximate surface area is 157 Å². The number of hydrogen-bond acceptors (Lipinski definition) is 5. The van der Waals surface area contributed by atoms with Crippen LogP contribution in [0.5, 0.6) is 0 Å². The van der Waals surface area contributed by atoms with Crippen molar-refractivity contribution in [2.24, 2.45) is 0 Å². The Morgan fingerprint density at radius 3 is 2.73 bits per heavy atom. The monoisotopic (exact) mass is 376 g/mol. The standard InChI is InChI=1S/C16H19ClN6O.C2H6/c1-10-4-3-5-12(17)11(10)9-23-14-13(21-16(23)24)8-20-15(22-14)19-7-6-18-2;1-2/h3-5,8,18H,6-7,9H2,1-2H3,(H,21,24)(H,19,20,22);1-2H3. The maximum atomic E-state index is 12.3. The second-order valence-corrected chi connectivity index (χ2v) is 5.92. The summed E-state index contributed by atoms with van der Waals surface area (Å²) in [6.07, 6.45) is 1.61. The molecule has 8 heteroatoms. The highest BCUT2D eigenvalue weighted by atomic mass is 35.5. The lowest BCUT2D eigenvalue weighted by molar-refractivity contribution is 0.772. The number of nitrogens with one attached hydrogen (secondary N) is 3. The fourth-order valence-corrected chi connectivity index (χ4v) is 2.78. The number of halogens is 1. The molecule has 3 N–H and O–H groups in total. The number of rotatable bonds is 6. The molecule has 0 bridgehead atoms. The van der Waals surface area contributed by atoms with Crippen LogP contribution in [0.1, 0.15) is 25.0 Å². The van der Waals surface area contributed by atoms with Crippen molar-refractivity contribution in [3.05, 3.63) is 51.0 Å². The number of H-pyrrole nitrogens is 1. The fourth-order valence-electron chi connectivity index (χ4n) is 2.50. The summed E-state index contributed by atoms with van der Waals surface area (Å²) in [4.78, 5) is 23.8. The molecule has 1 aromatic carbocycles. The molecule has 0 atom stereocenters. The first kappa shape index (κ1) is 19.9. The van der Waals surface area contributed by atoms with Crippen molar-refractivity contribution in [1.29, 1.82) is 0 Å². The van der Waals surface area contributed by atoms with Gasteiger partial charge < -0.3 is 15.6 Å². The zero-order valence-electron chi connectivity index (χ0n) is 15.6. The molecule has 0 aliphatic heterocycles. The van der Waals surface area contributed by atoms with Gasteiger partial charge in [-0.15, -0.1) is 0 Å². The molecule has 0 unspecified atom stereocenters. The summed E-state index contributed by atoms with van der Waals surface area (Å²) in [6.45, 7) is 7.82. The van der Waals surface area contributed by atoms with Gasteiger partial charge in [-0.3, -0.25) is 4.57 Å². The number of aromatic amines is 1. The van der Waals surface area contributed by atoms with Gasteiger partial charge in [0.15, 0.2) is 5.65 Å². The van der Waals surface area contributed by atoms with Gasteiger partial charge in [0.1, 0.15) is 5.52 Å². The summed E-state index contributed by atoms with van der Waals surface area (Å²) >= 11 is 6.29. The van der Waals surface area contributed by atoms with E-state index in [4.69, 9.17) is 11.6 Å². The van der Waals surface area contributed by atoms with Crippen LogP contribution in [0.4, 0.5) is 5.95 Å². The van der Waals surface area contributed by atoms with E-state index in [1.807, 2.05) is 46.0 Å². The van der Waals surface area contributed by atoms with Gasteiger partial charge in [0, 0.05) is 18.1 Å². The van der Waals surface area contributed by atoms with Gasteiger partial charge in [0.05, 0.1) is 12.7 Å². The number of likely N-dealkylation sites (N-methyl/N-ethyl adjacent to an activating group) is 1. The molecule has 3 rings (SSSR count). The van der Waals surface area contributed by atoms with Crippen LogP contribution >= 0.6 is 11.6 Å². The largest absolute Gasteiger partial charge is 0.353 e. The molecule has 3 aromatic rings. The molecule has 140 valence electrons. The van der Waals surface area contributed by atoms with Crippen LogP contribution in [0.25, 0.3) is 11.2 Å². The molecule has 0 aliphatic carbocycles. The van der Waals surface area contributed by atoms with E-state index in [2.05, 4.69) is 25.6 Å². The van der Waals surface area contributed by atoms with Crippen LogP contribution < -0.4 is 16.3 Å². The molecule has 0 spiro atoms. The summed E-state index contributed by atoms with van der Waals surface area (Å²) in [5, 5.41) is 6.80. The quantitative estimate of drug-likeness (QED) is 0.576. The third-order valence-electron chi connectivity index (χ3n) is 3.84. The molecule has 0 fully saturated rings. The molecule has 0 saturated heterocycles. The molecule has 0 amide bonds. The summed E-state index contributed by atoms with van der Waals surface area (Å²) in [5.41, 5.74) is 2.87. The zero-order valence-corrected chi connectivity index (χ0v) is 16.3. The number of fused-ring (bicyclic) bond motifs is 1. The first-order valence-corrected chi connectivity index (χ1v) is 9.06. The smallest absolute Gasteiger partial charge is 0.328 e. The van der Waals surface area contributed by atoms with E-state index in [1.54, 1.807) is 10.8 Å². The number of imidazole rings is 1. The van der Waals surface area contributed by atoms with E-state index < -0.39 is 0 Å². The van der Waals surface area contributed by atoms with Crippen molar-refractivity contribution >= 4 is 28.7 Å². The molecular formula is C18H25ClN6O. The fraction of sp³-hybridized carbons (Fsp3) is 0.389. The average Bonchev–Trinajstić information content (AvgIpc) is 2.95. The van der Waals surface area contributed by atoms with Crippen molar-refractivity contribution in [3.63, 3.8) is 0 Å². The third-order valence-corrected chi connectivity index (χ3v) is 4.19. The highest BCUT2D eigenvalue weighted by molar-refractivity contribution is 6.31. The van der Waals surface area contributed by atoms with E-state index in [1.165, 1.54) is 0 Å². The SMILES string of the molecule is CC.CNCCNc1ncc2[nH]c(=O)n(Cc3c(C)cccc3Cl)c2n1. The van der Waals surface area contributed by atoms with Gasteiger partial charge in [-0.2, -0.15) is 4.98 Å². The maximum Gasteiger partial charge on any atom is 0.328 e. The van der Waals surface area contributed by atoms with E-state index in [0.717, 1.165) is 17.7 Å². The number of aromatic nitrogens is 4. The number of hydrogen-bond donors (Lipinski definition) is 3. The summed E-state index contributed by atoms with van der Waals surface area (Å²) in [6, 6.07) is 5.69. The van der Waals surface area contributed by atoms with E-state index in [0.29, 0.717) is 35.2 Å². The summed E-state index contributed by atoms with van der Waals surface area (Å²) in [5.74, 6) is 0.487. The minimum atomic E-state index is -0.231. The molecule has 0 aliphatic rings. The van der Waals surface area contributed by atoms with Gasteiger partial charge in [-0.1, -0.05) is 37.6 Å². The predicted octanol–water partition coefficient (Wildman–Crippen LogP) is 2.79. The van der Waals surface area contributed by atoms with Crippen molar-refractivity contribution < 1.29 is 0 Å². The lowest BCUT2D eigenvalue weighted by atomic mass is 10.1. The van der Waals surface area contributed by atoms with Crippen molar-refractivity contribution in [2.75, 3.05) is 25.5 Å². The lowest BCUT2D eigenvalue weighted by Gasteiger charge is -2.09. The molecular weight excluding hydrogens is 352 g/mol. The Kier molecular flexibility index (Phi) is 7.17. The Balaban J connectivity index is 0.00000117. The topological polar surface area (TPSA) is 87.6 Å². The summed E-state index contributed by atoms with van der Waals surface area (Å²) < 4.78 is 1.58. The van der Waals surface area contributed by atoms with Gasteiger partial charge >= 0.3 is 5.69 Å². The van der Waals surface area contributed by atoms with Crippen molar-refractivity contribution in [3.8, 4) is 0 Å². The lowest BCUT2D eigenvalue weighted by Crippen LogP contribution is -2.20. The van der Waals surface area contributed by atoms with E-state index >= 15 is 0 Å². The van der Waals surface area contributed by atoms with Crippen LogP contribution in [-0.2, 0) is 6.54 Å². The van der Waals surface area contributed by atoms with Gasteiger partial charge in [0.25, 0.3) is 0 Å². The molecule has 2 aromatic heterocycles. The molecule has 7 nitrogen and oxygen atoms in total. The molecule has 0 saturated carbocycles. The van der Waals surface area contributed by atoms with Gasteiger partial charge in [-0.25, -0.2) is 9.78 Å². The Morgan fingerprint density at radius 2 is 2.04 bits per heavy atom. The normalized spacial score (nSPS) is 10.5. The molecule has 26 heavy (non-hydrogen) atoms. The van der Waals surface area contributed by atoms with Crippen LogP contribution in [0, 0.1) is 6.92 Å².